The standard InChI is InChI=1S/C64H45NO2/c1-64(2)55-22-12-9-19-50(55)54-40-48(34-36-56(54)64)65(46-30-25-42(26-31-46)41-15-5-3-6-16-41)47-32-27-43(28-33-47)53-39-45(29-37-59-62(53)51-20-10-13-23-57(51)66-59)49-35-38-60-63(52-21-11-14-24-58(52)67-60)61(49)44-17-7-4-8-18-44/h3-40,45H,1-2H3. The zero-order valence-electron chi connectivity index (χ0n) is 37.3. The summed E-state index contributed by atoms with van der Waals surface area (Å²) in [6, 6.07) is 76.5. The summed E-state index contributed by atoms with van der Waals surface area (Å²) in [6.07, 6.45) is 6.92. The molecule has 67 heavy (non-hydrogen) atoms. The van der Waals surface area contributed by atoms with Crippen LogP contribution in [0.15, 0.2) is 233 Å². The van der Waals surface area contributed by atoms with Gasteiger partial charge in [0.1, 0.15) is 22.5 Å². The normalized spacial score (nSPS) is 14.7. The Labute approximate surface area is 390 Å². The van der Waals surface area contributed by atoms with Crippen molar-refractivity contribution in [2.24, 2.45) is 0 Å². The Morgan fingerprint density at radius 3 is 1.76 bits per heavy atom. The lowest BCUT2D eigenvalue weighted by Crippen LogP contribution is -2.15. The minimum absolute atomic E-state index is 0.0799. The molecule has 2 aromatic heterocycles. The Kier molecular flexibility index (Phi) is 8.94. The van der Waals surface area contributed by atoms with E-state index in [0.717, 1.165) is 78.0 Å². The summed E-state index contributed by atoms with van der Waals surface area (Å²) in [7, 11) is 0. The lowest BCUT2D eigenvalue weighted by molar-refractivity contribution is 0.603. The molecule has 318 valence electrons. The van der Waals surface area contributed by atoms with Crippen LogP contribution in [0.4, 0.5) is 17.1 Å². The molecule has 3 heteroatoms. The van der Waals surface area contributed by atoms with E-state index < -0.39 is 0 Å². The van der Waals surface area contributed by atoms with Gasteiger partial charge in [0.2, 0.25) is 0 Å². The van der Waals surface area contributed by atoms with E-state index in [1.54, 1.807) is 0 Å². The van der Waals surface area contributed by atoms with Gasteiger partial charge in [0.05, 0.1) is 0 Å². The highest BCUT2D eigenvalue weighted by molar-refractivity contribution is 6.13. The highest BCUT2D eigenvalue weighted by Crippen LogP contribution is 2.51. The molecule has 2 aliphatic rings. The quantitative estimate of drug-likeness (QED) is 0.160. The molecule has 0 bridgehead atoms. The van der Waals surface area contributed by atoms with Crippen LogP contribution < -0.4 is 4.90 Å². The number of hydrogen-bond acceptors (Lipinski definition) is 3. The fourth-order valence-electron chi connectivity index (χ4n) is 10.9. The Morgan fingerprint density at radius 2 is 1.01 bits per heavy atom. The van der Waals surface area contributed by atoms with Gasteiger partial charge in [0.15, 0.2) is 0 Å². The number of anilines is 3. The maximum Gasteiger partial charge on any atom is 0.136 e. The van der Waals surface area contributed by atoms with Crippen LogP contribution in [0.2, 0.25) is 0 Å². The maximum atomic E-state index is 6.68. The predicted octanol–water partition coefficient (Wildman–Crippen LogP) is 17.7. The lowest BCUT2D eigenvalue weighted by atomic mass is 9.82. The van der Waals surface area contributed by atoms with Crippen LogP contribution in [0.5, 0.6) is 0 Å². The molecular formula is C64H45NO2. The third-order valence-electron chi connectivity index (χ3n) is 14.2. The maximum absolute atomic E-state index is 6.68. The third kappa shape index (κ3) is 6.34. The molecule has 2 aliphatic carbocycles. The molecule has 1 unspecified atom stereocenters. The van der Waals surface area contributed by atoms with E-state index >= 15 is 0 Å². The zero-order valence-corrected chi connectivity index (χ0v) is 37.3. The molecule has 2 heterocycles. The van der Waals surface area contributed by atoms with Crippen molar-refractivity contribution >= 4 is 61.6 Å². The second kappa shape index (κ2) is 15.4. The topological polar surface area (TPSA) is 29.5 Å². The molecule has 9 aromatic carbocycles. The first-order valence-electron chi connectivity index (χ1n) is 23.2. The van der Waals surface area contributed by atoms with Crippen LogP contribution in [0.3, 0.4) is 0 Å². The van der Waals surface area contributed by atoms with Crippen molar-refractivity contribution in [1.29, 1.82) is 0 Å². The number of furan rings is 2. The minimum Gasteiger partial charge on any atom is -0.456 e. The van der Waals surface area contributed by atoms with Gasteiger partial charge < -0.3 is 13.7 Å². The van der Waals surface area contributed by atoms with Crippen molar-refractivity contribution in [3.8, 4) is 33.4 Å². The predicted molar refractivity (Wildman–Crippen MR) is 278 cm³/mol. The molecule has 3 nitrogen and oxygen atoms in total. The largest absolute Gasteiger partial charge is 0.456 e. The van der Waals surface area contributed by atoms with Crippen molar-refractivity contribution < 1.29 is 8.83 Å². The number of allylic oxidation sites excluding steroid dienone is 2. The summed E-state index contributed by atoms with van der Waals surface area (Å²) in [4.78, 5) is 2.40. The van der Waals surface area contributed by atoms with E-state index in [4.69, 9.17) is 8.83 Å². The fourth-order valence-corrected chi connectivity index (χ4v) is 10.9. The molecule has 0 aliphatic heterocycles. The Balaban J connectivity index is 0.973. The molecule has 0 spiro atoms. The van der Waals surface area contributed by atoms with Crippen LogP contribution in [0.1, 0.15) is 53.3 Å². The van der Waals surface area contributed by atoms with E-state index in [9.17, 15) is 0 Å². The average molecular weight is 860 g/mol. The third-order valence-corrected chi connectivity index (χ3v) is 14.2. The molecule has 0 N–H and O–H groups in total. The highest BCUT2D eigenvalue weighted by atomic mass is 16.3. The highest BCUT2D eigenvalue weighted by Gasteiger charge is 2.35. The van der Waals surface area contributed by atoms with Crippen molar-refractivity contribution in [2.75, 3.05) is 4.90 Å². The Bertz CT molecular complexity index is 3760. The summed E-state index contributed by atoms with van der Waals surface area (Å²) in [5, 5.41) is 3.34. The first-order valence-corrected chi connectivity index (χ1v) is 23.2. The van der Waals surface area contributed by atoms with E-state index in [-0.39, 0.29) is 11.3 Å². The summed E-state index contributed by atoms with van der Waals surface area (Å²) in [6.45, 7) is 4.68. The molecular weight excluding hydrogens is 815 g/mol. The van der Waals surface area contributed by atoms with Gasteiger partial charge in [-0.1, -0.05) is 184 Å². The number of nitrogens with zero attached hydrogens (tertiary/aromatic N) is 1. The molecule has 1 atom stereocenters. The average Bonchev–Trinajstić information content (AvgIpc) is 3.97. The second-order valence-electron chi connectivity index (χ2n) is 18.4. The van der Waals surface area contributed by atoms with Gasteiger partial charge in [-0.25, -0.2) is 0 Å². The zero-order chi connectivity index (χ0) is 44.6. The second-order valence-corrected chi connectivity index (χ2v) is 18.4. The van der Waals surface area contributed by atoms with Crippen molar-refractivity contribution in [2.45, 2.75) is 25.2 Å². The smallest absolute Gasteiger partial charge is 0.136 e. The fraction of sp³-hybridized carbons (Fsp3) is 0.0625. The SMILES string of the molecule is CC1(C)c2ccccc2-c2cc(N(c3ccc(C4=CC(c5ccc6oc7ccccc7c6c5-c5ccccc5)C=Cc5oc6ccccc6c54)cc3)c3ccc(-c4ccccc4)cc3)ccc21. The molecule has 11 aromatic rings. The Morgan fingerprint density at radius 1 is 0.433 bits per heavy atom. The Hall–Kier alpha value is -8.40. The van der Waals surface area contributed by atoms with Crippen LogP contribution in [-0.2, 0) is 5.41 Å². The lowest BCUT2D eigenvalue weighted by Gasteiger charge is -2.27. The summed E-state index contributed by atoms with van der Waals surface area (Å²) in [5.74, 6) is 0.777. The van der Waals surface area contributed by atoms with Crippen molar-refractivity contribution in [1.82, 2.24) is 0 Å². The van der Waals surface area contributed by atoms with Gasteiger partial charge in [-0.05, 0) is 122 Å². The first kappa shape index (κ1) is 39.0. The number of para-hydroxylation sites is 2. The minimum atomic E-state index is -0.0810. The molecule has 0 saturated heterocycles. The number of rotatable bonds is 7. The van der Waals surface area contributed by atoms with Gasteiger partial charge in [0.25, 0.3) is 0 Å². The van der Waals surface area contributed by atoms with E-state index in [1.807, 2.05) is 12.1 Å². The monoisotopic (exact) mass is 859 g/mol. The van der Waals surface area contributed by atoms with Gasteiger partial charge >= 0.3 is 0 Å². The van der Waals surface area contributed by atoms with Gasteiger partial charge in [-0.3, -0.25) is 0 Å². The summed E-state index contributed by atoms with van der Waals surface area (Å²) >= 11 is 0. The number of hydrogen-bond donors (Lipinski definition) is 0. The molecule has 0 fully saturated rings. The molecule has 0 amide bonds. The summed E-state index contributed by atoms with van der Waals surface area (Å²) < 4.78 is 13.2. The number of fused-ring (bicyclic) bond motifs is 9. The molecule has 0 saturated carbocycles. The van der Waals surface area contributed by atoms with Crippen LogP contribution in [-0.4, -0.2) is 0 Å². The van der Waals surface area contributed by atoms with Crippen LogP contribution >= 0.6 is 0 Å². The van der Waals surface area contributed by atoms with E-state index in [0.29, 0.717) is 0 Å². The van der Waals surface area contributed by atoms with Gasteiger partial charge in [-0.15, -0.1) is 0 Å². The van der Waals surface area contributed by atoms with Crippen LogP contribution in [0, 0.1) is 0 Å². The molecule has 13 rings (SSSR count). The van der Waals surface area contributed by atoms with E-state index in [1.165, 1.54) is 44.5 Å². The van der Waals surface area contributed by atoms with Crippen molar-refractivity contribution in [3.05, 3.63) is 258 Å². The van der Waals surface area contributed by atoms with Crippen molar-refractivity contribution in [3.63, 3.8) is 0 Å². The van der Waals surface area contributed by atoms with Crippen LogP contribution in [0.25, 0.3) is 77.9 Å². The molecule has 0 radical (unpaired) electrons. The van der Waals surface area contributed by atoms with Gasteiger partial charge in [-0.2, -0.15) is 0 Å². The van der Waals surface area contributed by atoms with E-state index in [2.05, 4.69) is 237 Å². The number of benzene rings is 9. The summed E-state index contributed by atoms with van der Waals surface area (Å²) in [5.41, 5.74) is 20.5. The van der Waals surface area contributed by atoms with Gasteiger partial charge in [0, 0.05) is 50.1 Å². The first-order chi connectivity index (χ1) is 33.0.